The van der Waals surface area contributed by atoms with Crippen LogP contribution in [0.4, 0.5) is 10.5 Å². The van der Waals surface area contributed by atoms with Gasteiger partial charge in [0.2, 0.25) is 5.91 Å². The number of carbonyl (C=O) groups excluding carboxylic acids is 2. The molecule has 0 atom stereocenters. The molecular formula is C16H24N2O3. The van der Waals surface area contributed by atoms with Crippen molar-refractivity contribution in [2.24, 2.45) is 0 Å². The molecule has 1 aromatic rings. The van der Waals surface area contributed by atoms with Gasteiger partial charge in [-0.25, -0.2) is 4.79 Å². The molecule has 5 nitrogen and oxygen atoms in total. The maximum Gasteiger partial charge on any atom is 0.407 e. The van der Waals surface area contributed by atoms with Crippen LogP contribution in [0.2, 0.25) is 0 Å². The van der Waals surface area contributed by atoms with Crippen molar-refractivity contribution in [2.75, 3.05) is 11.9 Å². The molecule has 2 N–H and O–H groups in total. The fraction of sp³-hybridized carbons (Fsp3) is 0.500. The first-order chi connectivity index (χ1) is 9.67. The number of hydrogen-bond acceptors (Lipinski definition) is 3. The van der Waals surface area contributed by atoms with Crippen LogP contribution in [-0.2, 0) is 9.53 Å². The lowest BCUT2D eigenvalue weighted by Gasteiger charge is -2.19. The number of anilines is 1. The average molecular weight is 292 g/mol. The second kappa shape index (κ2) is 7.11. The summed E-state index contributed by atoms with van der Waals surface area (Å²) in [5.41, 5.74) is 2.53. The minimum atomic E-state index is -0.536. The van der Waals surface area contributed by atoms with Gasteiger partial charge >= 0.3 is 6.09 Å². The van der Waals surface area contributed by atoms with Crippen LogP contribution < -0.4 is 10.6 Å². The van der Waals surface area contributed by atoms with E-state index in [2.05, 4.69) is 10.6 Å². The summed E-state index contributed by atoms with van der Waals surface area (Å²) in [4.78, 5) is 23.2. The second-order valence-corrected chi connectivity index (χ2v) is 6.03. The molecule has 0 fully saturated rings. The smallest absolute Gasteiger partial charge is 0.407 e. The van der Waals surface area contributed by atoms with E-state index < -0.39 is 11.7 Å². The van der Waals surface area contributed by atoms with Gasteiger partial charge in [-0.2, -0.15) is 0 Å². The van der Waals surface area contributed by atoms with E-state index in [1.165, 1.54) is 5.56 Å². The zero-order chi connectivity index (χ0) is 16.0. The van der Waals surface area contributed by atoms with Crippen molar-refractivity contribution in [2.45, 2.75) is 46.6 Å². The standard InChI is InChI=1S/C16H24N2O3/c1-11-6-7-13(10-12(11)2)18-14(19)8-9-17-15(20)21-16(3,4)5/h6-7,10H,8-9H2,1-5H3,(H,17,20)(H,18,19). The fourth-order valence-corrected chi connectivity index (χ4v) is 1.63. The Morgan fingerprint density at radius 1 is 1.14 bits per heavy atom. The lowest BCUT2D eigenvalue weighted by atomic mass is 10.1. The van der Waals surface area contributed by atoms with Crippen molar-refractivity contribution < 1.29 is 14.3 Å². The summed E-state index contributed by atoms with van der Waals surface area (Å²) >= 11 is 0. The van der Waals surface area contributed by atoms with Gasteiger partial charge in [-0.05, 0) is 57.9 Å². The molecule has 1 aromatic carbocycles. The Balaban J connectivity index is 2.34. The third-order valence-electron chi connectivity index (χ3n) is 2.81. The first-order valence-corrected chi connectivity index (χ1v) is 7.01. The van der Waals surface area contributed by atoms with Crippen LogP contribution in [0, 0.1) is 13.8 Å². The number of amides is 2. The predicted octanol–water partition coefficient (Wildman–Crippen LogP) is 3.16. The number of nitrogens with one attached hydrogen (secondary N) is 2. The first-order valence-electron chi connectivity index (χ1n) is 7.01. The highest BCUT2D eigenvalue weighted by Crippen LogP contribution is 2.14. The monoisotopic (exact) mass is 292 g/mol. The van der Waals surface area contributed by atoms with E-state index in [0.717, 1.165) is 11.3 Å². The summed E-state index contributed by atoms with van der Waals surface area (Å²) in [5, 5.41) is 5.36. The molecule has 5 heteroatoms. The molecule has 0 unspecified atom stereocenters. The van der Waals surface area contributed by atoms with Crippen LogP contribution in [-0.4, -0.2) is 24.1 Å². The summed E-state index contributed by atoms with van der Waals surface area (Å²) in [6.07, 6.45) is -0.312. The molecule has 0 aliphatic carbocycles. The zero-order valence-electron chi connectivity index (χ0n) is 13.4. The SMILES string of the molecule is Cc1ccc(NC(=O)CCNC(=O)OC(C)(C)C)cc1C. The molecule has 2 amide bonds. The van der Waals surface area contributed by atoms with Gasteiger partial charge in [0.1, 0.15) is 5.60 Å². The van der Waals surface area contributed by atoms with Crippen molar-refractivity contribution >= 4 is 17.7 Å². The molecule has 1 rings (SSSR count). The molecule has 0 aromatic heterocycles. The largest absolute Gasteiger partial charge is 0.444 e. The van der Waals surface area contributed by atoms with Crippen LogP contribution in [0.25, 0.3) is 0 Å². The van der Waals surface area contributed by atoms with Crippen LogP contribution in [0.5, 0.6) is 0 Å². The Hall–Kier alpha value is -2.04. The molecule has 0 heterocycles. The van der Waals surface area contributed by atoms with E-state index in [0.29, 0.717) is 0 Å². The quantitative estimate of drug-likeness (QED) is 0.895. The van der Waals surface area contributed by atoms with Crippen LogP contribution in [0.1, 0.15) is 38.3 Å². The van der Waals surface area contributed by atoms with Gasteiger partial charge in [0.25, 0.3) is 0 Å². The number of ether oxygens (including phenoxy) is 1. The van der Waals surface area contributed by atoms with Gasteiger partial charge in [-0.1, -0.05) is 6.07 Å². The van der Waals surface area contributed by atoms with Crippen molar-refractivity contribution in [3.8, 4) is 0 Å². The third kappa shape index (κ3) is 6.79. The fourth-order valence-electron chi connectivity index (χ4n) is 1.63. The van der Waals surface area contributed by atoms with Crippen molar-refractivity contribution in [1.82, 2.24) is 5.32 Å². The van der Waals surface area contributed by atoms with E-state index in [1.54, 1.807) is 20.8 Å². The highest BCUT2D eigenvalue weighted by Gasteiger charge is 2.15. The lowest BCUT2D eigenvalue weighted by Crippen LogP contribution is -2.34. The van der Waals surface area contributed by atoms with Crippen molar-refractivity contribution in [3.63, 3.8) is 0 Å². The minimum Gasteiger partial charge on any atom is -0.444 e. The summed E-state index contributed by atoms with van der Waals surface area (Å²) in [6.45, 7) is 9.63. The van der Waals surface area contributed by atoms with Gasteiger partial charge in [0, 0.05) is 18.7 Å². The number of benzene rings is 1. The van der Waals surface area contributed by atoms with Gasteiger partial charge in [0.15, 0.2) is 0 Å². The van der Waals surface area contributed by atoms with Crippen LogP contribution in [0.15, 0.2) is 18.2 Å². The lowest BCUT2D eigenvalue weighted by molar-refractivity contribution is -0.116. The Bertz CT molecular complexity index is 519. The van der Waals surface area contributed by atoms with E-state index >= 15 is 0 Å². The Kier molecular flexibility index (Phi) is 5.76. The van der Waals surface area contributed by atoms with Gasteiger partial charge in [0.05, 0.1) is 0 Å². The number of alkyl carbamates (subject to hydrolysis) is 1. The van der Waals surface area contributed by atoms with Crippen LogP contribution in [0.3, 0.4) is 0 Å². The normalized spacial score (nSPS) is 10.9. The predicted molar refractivity (Wildman–Crippen MR) is 83.4 cm³/mol. The molecule has 0 bridgehead atoms. The third-order valence-corrected chi connectivity index (χ3v) is 2.81. The number of hydrogen-bond donors (Lipinski definition) is 2. The Morgan fingerprint density at radius 3 is 2.38 bits per heavy atom. The summed E-state index contributed by atoms with van der Waals surface area (Å²) < 4.78 is 5.08. The summed E-state index contributed by atoms with van der Waals surface area (Å²) in [6, 6.07) is 5.75. The second-order valence-electron chi connectivity index (χ2n) is 6.03. The molecule has 0 spiro atoms. The van der Waals surface area contributed by atoms with Crippen molar-refractivity contribution in [1.29, 1.82) is 0 Å². The highest BCUT2D eigenvalue weighted by atomic mass is 16.6. The molecule has 0 radical (unpaired) electrons. The Labute approximate surface area is 126 Å². The topological polar surface area (TPSA) is 67.4 Å². The molecular weight excluding hydrogens is 268 g/mol. The van der Waals surface area contributed by atoms with E-state index in [-0.39, 0.29) is 18.9 Å². The average Bonchev–Trinajstić information content (AvgIpc) is 2.31. The number of aryl methyl sites for hydroxylation is 2. The van der Waals surface area contributed by atoms with E-state index in [1.807, 2.05) is 32.0 Å². The van der Waals surface area contributed by atoms with Gasteiger partial charge in [-0.3, -0.25) is 4.79 Å². The molecule has 0 saturated carbocycles. The van der Waals surface area contributed by atoms with Crippen molar-refractivity contribution in [3.05, 3.63) is 29.3 Å². The highest BCUT2D eigenvalue weighted by molar-refractivity contribution is 5.91. The minimum absolute atomic E-state index is 0.144. The molecule has 0 aliphatic rings. The molecule has 0 saturated heterocycles. The zero-order valence-corrected chi connectivity index (χ0v) is 13.4. The van der Waals surface area contributed by atoms with E-state index in [9.17, 15) is 9.59 Å². The molecule has 0 aliphatic heterocycles. The molecule has 116 valence electrons. The van der Waals surface area contributed by atoms with Crippen LogP contribution >= 0.6 is 0 Å². The maximum absolute atomic E-state index is 11.8. The number of carbonyl (C=O) groups is 2. The van der Waals surface area contributed by atoms with Gasteiger partial charge in [-0.15, -0.1) is 0 Å². The summed E-state index contributed by atoms with van der Waals surface area (Å²) in [5.74, 6) is -0.144. The summed E-state index contributed by atoms with van der Waals surface area (Å²) in [7, 11) is 0. The molecule has 21 heavy (non-hydrogen) atoms. The first kappa shape index (κ1) is 17.0. The van der Waals surface area contributed by atoms with Gasteiger partial charge < -0.3 is 15.4 Å². The Morgan fingerprint density at radius 2 is 1.81 bits per heavy atom. The number of rotatable bonds is 4. The maximum atomic E-state index is 11.8. The van der Waals surface area contributed by atoms with E-state index in [4.69, 9.17) is 4.74 Å².